The monoisotopic (exact) mass is 425 g/mol. The minimum absolute atomic E-state index is 0.192. The van der Waals surface area contributed by atoms with Crippen molar-refractivity contribution in [3.63, 3.8) is 0 Å². The fourth-order valence-electron chi connectivity index (χ4n) is 4.21. The molecule has 6 nitrogen and oxygen atoms in total. The number of anilines is 1. The van der Waals surface area contributed by atoms with Crippen molar-refractivity contribution in [3.8, 4) is 0 Å². The Labute approximate surface area is 171 Å². The van der Waals surface area contributed by atoms with Crippen LogP contribution >= 0.6 is 35.0 Å². The highest BCUT2D eigenvalue weighted by Gasteiger charge is 2.43. The standard InChI is InChI=1S/C18H21Cl2N5OS/c19-14-11(3-7-22-15(14)20)27-13-10-23-16(17(26)24-13)25-8-5-18(6-9-25)4-1-2-12(18)21/h3,7,10,12H,1-2,4-6,8-9,21H2,(H,24,26)/t12-/m0/s1. The molecule has 0 bridgehead atoms. The van der Waals surface area contributed by atoms with E-state index >= 15 is 0 Å². The van der Waals surface area contributed by atoms with Gasteiger partial charge in [-0.25, -0.2) is 9.97 Å². The van der Waals surface area contributed by atoms with Crippen molar-refractivity contribution < 1.29 is 0 Å². The third kappa shape index (κ3) is 3.70. The molecular formula is C18H21Cl2N5OS. The summed E-state index contributed by atoms with van der Waals surface area (Å²) in [5.74, 6) is 0.472. The van der Waals surface area contributed by atoms with Crippen LogP contribution in [0, 0.1) is 5.41 Å². The summed E-state index contributed by atoms with van der Waals surface area (Å²) in [7, 11) is 0. The van der Waals surface area contributed by atoms with E-state index in [-0.39, 0.29) is 16.1 Å². The van der Waals surface area contributed by atoms with Crippen molar-refractivity contribution in [1.82, 2.24) is 15.0 Å². The van der Waals surface area contributed by atoms with E-state index in [1.54, 1.807) is 18.5 Å². The maximum absolute atomic E-state index is 12.6. The predicted molar refractivity (Wildman–Crippen MR) is 109 cm³/mol. The normalized spacial score (nSPS) is 21.7. The molecule has 3 N–H and O–H groups in total. The number of nitrogens with zero attached hydrogens (tertiary/aromatic N) is 3. The lowest BCUT2D eigenvalue weighted by Crippen LogP contribution is -2.48. The molecule has 1 aliphatic carbocycles. The summed E-state index contributed by atoms with van der Waals surface area (Å²) < 4.78 is 0. The Hall–Kier alpha value is -1.28. The van der Waals surface area contributed by atoms with Crippen LogP contribution in [0.15, 0.2) is 33.2 Å². The first-order chi connectivity index (χ1) is 13.0. The number of pyridine rings is 1. The lowest BCUT2D eigenvalue weighted by molar-refractivity contribution is 0.197. The van der Waals surface area contributed by atoms with Crippen molar-refractivity contribution in [1.29, 1.82) is 0 Å². The fourth-order valence-corrected chi connectivity index (χ4v) is 5.45. The molecule has 1 aliphatic heterocycles. The Morgan fingerprint density at radius 1 is 1.26 bits per heavy atom. The van der Waals surface area contributed by atoms with Gasteiger partial charge in [0.1, 0.15) is 5.15 Å². The Balaban J connectivity index is 1.48. The number of H-pyrrole nitrogens is 1. The second kappa shape index (κ2) is 7.62. The van der Waals surface area contributed by atoms with E-state index < -0.39 is 0 Å². The van der Waals surface area contributed by atoms with Gasteiger partial charge in [-0.1, -0.05) is 41.4 Å². The average Bonchev–Trinajstić information content (AvgIpc) is 3.00. The van der Waals surface area contributed by atoms with Crippen LogP contribution in [0.1, 0.15) is 32.1 Å². The summed E-state index contributed by atoms with van der Waals surface area (Å²) in [5, 5.41) is 1.21. The second-order valence-corrected chi connectivity index (χ2v) is 9.08. The highest BCUT2D eigenvalue weighted by molar-refractivity contribution is 7.99. The number of hydrogen-bond donors (Lipinski definition) is 2. The largest absolute Gasteiger partial charge is 0.352 e. The van der Waals surface area contributed by atoms with Gasteiger partial charge in [0, 0.05) is 30.2 Å². The number of aromatic amines is 1. The summed E-state index contributed by atoms with van der Waals surface area (Å²) in [6.45, 7) is 1.64. The van der Waals surface area contributed by atoms with E-state index in [1.807, 2.05) is 0 Å². The van der Waals surface area contributed by atoms with Crippen LogP contribution < -0.4 is 16.2 Å². The Morgan fingerprint density at radius 2 is 2.04 bits per heavy atom. The van der Waals surface area contributed by atoms with Gasteiger partial charge >= 0.3 is 0 Å². The summed E-state index contributed by atoms with van der Waals surface area (Å²) in [6, 6.07) is 2.04. The molecular weight excluding hydrogens is 405 g/mol. The number of rotatable bonds is 3. The summed E-state index contributed by atoms with van der Waals surface area (Å²) in [4.78, 5) is 26.6. The number of halogens is 2. The van der Waals surface area contributed by atoms with Gasteiger partial charge in [0.2, 0.25) is 0 Å². The molecule has 1 spiro atoms. The molecule has 0 radical (unpaired) electrons. The second-order valence-electron chi connectivity index (χ2n) is 7.26. The minimum atomic E-state index is -0.192. The van der Waals surface area contributed by atoms with E-state index in [2.05, 4.69) is 19.9 Å². The smallest absolute Gasteiger partial charge is 0.291 e. The van der Waals surface area contributed by atoms with Crippen LogP contribution in [0.4, 0.5) is 5.82 Å². The van der Waals surface area contributed by atoms with Crippen molar-refractivity contribution in [2.24, 2.45) is 11.1 Å². The lowest BCUT2D eigenvalue weighted by atomic mass is 9.74. The topological polar surface area (TPSA) is 87.9 Å². The molecule has 2 aromatic heterocycles. The molecule has 27 heavy (non-hydrogen) atoms. The first kappa shape index (κ1) is 19.1. The van der Waals surface area contributed by atoms with Crippen LogP contribution in [0.5, 0.6) is 0 Å². The molecule has 1 saturated carbocycles. The van der Waals surface area contributed by atoms with E-state index in [0.717, 1.165) is 37.2 Å². The number of piperidine rings is 1. The molecule has 3 heterocycles. The molecule has 0 aromatic carbocycles. The number of aromatic nitrogens is 3. The van der Waals surface area contributed by atoms with Crippen molar-refractivity contribution in [3.05, 3.63) is 39.0 Å². The van der Waals surface area contributed by atoms with Gasteiger partial charge in [-0.15, -0.1) is 0 Å². The van der Waals surface area contributed by atoms with Gasteiger partial charge < -0.3 is 15.6 Å². The summed E-state index contributed by atoms with van der Waals surface area (Å²) in [6.07, 6.45) is 8.83. The summed E-state index contributed by atoms with van der Waals surface area (Å²) >= 11 is 13.4. The van der Waals surface area contributed by atoms with E-state index in [1.165, 1.54) is 24.6 Å². The molecule has 0 unspecified atom stereocenters. The quantitative estimate of drug-likeness (QED) is 0.728. The molecule has 1 saturated heterocycles. The van der Waals surface area contributed by atoms with E-state index in [0.29, 0.717) is 21.9 Å². The zero-order chi connectivity index (χ0) is 19.0. The third-order valence-electron chi connectivity index (χ3n) is 5.81. The molecule has 2 aromatic rings. The zero-order valence-electron chi connectivity index (χ0n) is 14.8. The average molecular weight is 426 g/mol. The fraction of sp³-hybridized carbons (Fsp3) is 0.500. The van der Waals surface area contributed by atoms with E-state index in [9.17, 15) is 4.79 Å². The molecule has 2 aliphatic rings. The molecule has 2 fully saturated rings. The minimum Gasteiger partial charge on any atom is -0.352 e. The number of nitrogens with one attached hydrogen (secondary N) is 1. The SMILES string of the molecule is N[C@H]1CCCC12CCN(c1ncc(Sc3ccnc(Cl)c3Cl)[nH]c1=O)CC2. The molecule has 1 atom stereocenters. The van der Waals surface area contributed by atoms with E-state index in [4.69, 9.17) is 28.9 Å². The first-order valence-electron chi connectivity index (χ1n) is 9.06. The van der Waals surface area contributed by atoms with Gasteiger partial charge in [-0.2, -0.15) is 0 Å². The van der Waals surface area contributed by atoms with Crippen LogP contribution in [0.3, 0.4) is 0 Å². The highest BCUT2D eigenvalue weighted by atomic mass is 35.5. The maximum Gasteiger partial charge on any atom is 0.291 e. The van der Waals surface area contributed by atoms with Crippen LogP contribution in [0.2, 0.25) is 10.2 Å². The Kier molecular flexibility index (Phi) is 5.38. The molecule has 4 rings (SSSR count). The lowest BCUT2D eigenvalue weighted by Gasteiger charge is -2.42. The highest BCUT2D eigenvalue weighted by Crippen LogP contribution is 2.45. The zero-order valence-corrected chi connectivity index (χ0v) is 17.1. The predicted octanol–water partition coefficient (Wildman–Crippen LogP) is 3.72. The van der Waals surface area contributed by atoms with Gasteiger partial charge in [0.25, 0.3) is 5.56 Å². The Bertz CT molecular complexity index is 898. The van der Waals surface area contributed by atoms with Crippen molar-refractivity contribution in [2.75, 3.05) is 18.0 Å². The van der Waals surface area contributed by atoms with Crippen LogP contribution in [-0.2, 0) is 0 Å². The van der Waals surface area contributed by atoms with Gasteiger partial charge in [-0.05, 0) is 37.2 Å². The molecule has 9 heteroatoms. The van der Waals surface area contributed by atoms with Gasteiger partial charge in [0.15, 0.2) is 5.82 Å². The van der Waals surface area contributed by atoms with Gasteiger partial charge in [0.05, 0.1) is 16.2 Å². The van der Waals surface area contributed by atoms with Gasteiger partial charge in [-0.3, -0.25) is 4.79 Å². The van der Waals surface area contributed by atoms with Crippen molar-refractivity contribution in [2.45, 2.75) is 48.1 Å². The van der Waals surface area contributed by atoms with Crippen LogP contribution in [0.25, 0.3) is 0 Å². The van der Waals surface area contributed by atoms with Crippen molar-refractivity contribution >= 4 is 40.8 Å². The van der Waals surface area contributed by atoms with Crippen LogP contribution in [-0.4, -0.2) is 34.1 Å². The molecule has 0 amide bonds. The number of hydrogen-bond acceptors (Lipinski definition) is 6. The summed E-state index contributed by atoms with van der Waals surface area (Å²) in [5.41, 5.74) is 6.41. The maximum atomic E-state index is 12.6. The first-order valence-corrected chi connectivity index (χ1v) is 10.6. The molecule has 144 valence electrons. The number of nitrogens with two attached hydrogens (primary N) is 1. The third-order valence-corrected chi connectivity index (χ3v) is 7.68. The Morgan fingerprint density at radius 3 is 2.70 bits per heavy atom.